The van der Waals surface area contributed by atoms with Crippen molar-refractivity contribution in [2.45, 2.75) is 71.5 Å². The Morgan fingerprint density at radius 3 is 2.36 bits per heavy atom. The molecule has 33 heavy (non-hydrogen) atoms. The lowest BCUT2D eigenvalue weighted by Gasteiger charge is -2.35. The molecule has 2 aromatic carbocycles. The minimum absolute atomic E-state index is 0.0324. The third-order valence-corrected chi connectivity index (χ3v) is 6.20. The van der Waals surface area contributed by atoms with Crippen molar-refractivity contribution in [3.63, 3.8) is 0 Å². The molecule has 0 saturated heterocycles. The molecule has 3 N–H and O–H groups in total. The van der Waals surface area contributed by atoms with Gasteiger partial charge >= 0.3 is 0 Å². The van der Waals surface area contributed by atoms with Crippen LogP contribution in [0, 0.1) is 5.92 Å². The van der Waals surface area contributed by atoms with Gasteiger partial charge in [-0.25, -0.2) is 4.98 Å². The van der Waals surface area contributed by atoms with Gasteiger partial charge in [0.2, 0.25) is 0 Å². The molecule has 0 amide bonds. The van der Waals surface area contributed by atoms with E-state index in [4.69, 9.17) is 22.3 Å². The fourth-order valence-electron chi connectivity index (χ4n) is 4.63. The summed E-state index contributed by atoms with van der Waals surface area (Å²) in [6.45, 7) is 13.9. The molecule has 178 valence electrons. The van der Waals surface area contributed by atoms with E-state index >= 15 is 0 Å². The van der Waals surface area contributed by atoms with Crippen LogP contribution in [-0.2, 0) is 6.54 Å². The van der Waals surface area contributed by atoms with Crippen molar-refractivity contribution in [3.05, 3.63) is 75.3 Å². The second kappa shape index (κ2) is 9.96. The van der Waals surface area contributed by atoms with Crippen molar-refractivity contribution >= 4 is 22.5 Å². The summed E-state index contributed by atoms with van der Waals surface area (Å²) in [6.07, 6.45) is 0.822. The Balaban J connectivity index is 2.08. The van der Waals surface area contributed by atoms with Crippen LogP contribution in [0.15, 0.2) is 53.3 Å². The molecule has 0 spiro atoms. The molecule has 0 aliphatic rings. The first-order valence-corrected chi connectivity index (χ1v) is 12.0. The smallest absolute Gasteiger partial charge is 0.261 e. The second-order valence-electron chi connectivity index (χ2n) is 10.8. The van der Waals surface area contributed by atoms with E-state index in [-0.39, 0.29) is 28.5 Å². The molecule has 3 rings (SSSR count). The number of aromatic nitrogens is 2. The van der Waals surface area contributed by atoms with Gasteiger partial charge in [-0.05, 0) is 63.8 Å². The van der Waals surface area contributed by atoms with Crippen molar-refractivity contribution in [1.82, 2.24) is 14.9 Å². The minimum atomic E-state index is -0.281. The van der Waals surface area contributed by atoms with E-state index in [0.717, 1.165) is 17.8 Å². The first-order chi connectivity index (χ1) is 15.4. The fraction of sp³-hybridized carbons (Fsp3) is 0.481. The van der Waals surface area contributed by atoms with Crippen molar-refractivity contribution in [3.8, 4) is 0 Å². The number of nitrogens with zero attached hydrogens (tertiary/aromatic N) is 2. The Kier molecular flexibility index (Phi) is 7.67. The van der Waals surface area contributed by atoms with Gasteiger partial charge in [-0.1, -0.05) is 55.8 Å². The van der Waals surface area contributed by atoms with Crippen LogP contribution in [0.2, 0.25) is 5.02 Å². The van der Waals surface area contributed by atoms with Gasteiger partial charge in [-0.3, -0.25) is 9.36 Å². The van der Waals surface area contributed by atoms with E-state index in [2.05, 4.69) is 33.0 Å². The number of fused-ring (bicyclic) bond motifs is 1. The minimum Gasteiger partial charge on any atom is -0.325 e. The van der Waals surface area contributed by atoms with Gasteiger partial charge in [0, 0.05) is 28.6 Å². The summed E-state index contributed by atoms with van der Waals surface area (Å²) in [5.41, 5.74) is 7.52. The average Bonchev–Trinajstić information content (AvgIpc) is 2.69. The van der Waals surface area contributed by atoms with Crippen molar-refractivity contribution in [2.24, 2.45) is 11.7 Å². The van der Waals surface area contributed by atoms with E-state index in [1.807, 2.05) is 48.7 Å². The molecular formula is C27H37ClN4O. The third-order valence-electron chi connectivity index (χ3n) is 5.96. The molecule has 1 heterocycles. The molecule has 1 aromatic heterocycles. The van der Waals surface area contributed by atoms with Gasteiger partial charge in [0.25, 0.3) is 5.56 Å². The normalized spacial score (nSPS) is 13.6. The maximum atomic E-state index is 13.6. The largest absolute Gasteiger partial charge is 0.325 e. The van der Waals surface area contributed by atoms with E-state index in [0.29, 0.717) is 29.0 Å². The number of halogens is 1. The highest BCUT2D eigenvalue weighted by Gasteiger charge is 2.29. The SMILES string of the molecule is CC(C)C(CNC(C)(C)CC(C)(C)N)c1nc2cc(Cl)ccc2c(=O)n1Cc1ccccc1. The van der Waals surface area contributed by atoms with Gasteiger partial charge in [0.1, 0.15) is 5.82 Å². The average molecular weight is 469 g/mol. The fourth-order valence-corrected chi connectivity index (χ4v) is 4.79. The van der Waals surface area contributed by atoms with Gasteiger partial charge in [0.05, 0.1) is 17.4 Å². The maximum Gasteiger partial charge on any atom is 0.261 e. The van der Waals surface area contributed by atoms with Crippen molar-refractivity contribution < 1.29 is 0 Å². The lowest BCUT2D eigenvalue weighted by Crippen LogP contribution is -2.50. The number of hydrogen-bond acceptors (Lipinski definition) is 4. The Morgan fingerprint density at radius 2 is 1.76 bits per heavy atom. The Morgan fingerprint density at radius 1 is 1.09 bits per heavy atom. The van der Waals surface area contributed by atoms with Crippen LogP contribution in [0.4, 0.5) is 0 Å². The van der Waals surface area contributed by atoms with Gasteiger partial charge in [-0.15, -0.1) is 0 Å². The summed E-state index contributed by atoms with van der Waals surface area (Å²) >= 11 is 6.24. The zero-order valence-electron chi connectivity index (χ0n) is 20.7. The molecule has 1 unspecified atom stereocenters. The van der Waals surface area contributed by atoms with Gasteiger partial charge in [-0.2, -0.15) is 0 Å². The van der Waals surface area contributed by atoms with Crippen LogP contribution < -0.4 is 16.6 Å². The van der Waals surface area contributed by atoms with Crippen LogP contribution in [0.1, 0.15) is 65.3 Å². The summed E-state index contributed by atoms with van der Waals surface area (Å²) in [4.78, 5) is 18.6. The lowest BCUT2D eigenvalue weighted by molar-refractivity contribution is 0.272. The monoisotopic (exact) mass is 468 g/mol. The van der Waals surface area contributed by atoms with E-state index in [1.165, 1.54) is 0 Å². The van der Waals surface area contributed by atoms with Crippen LogP contribution in [-0.4, -0.2) is 27.2 Å². The number of hydrogen-bond donors (Lipinski definition) is 2. The molecule has 0 aliphatic carbocycles. The molecule has 0 bridgehead atoms. The highest BCUT2D eigenvalue weighted by atomic mass is 35.5. The predicted molar refractivity (Wildman–Crippen MR) is 139 cm³/mol. The summed E-state index contributed by atoms with van der Waals surface area (Å²) in [5.74, 6) is 1.08. The summed E-state index contributed by atoms with van der Waals surface area (Å²) < 4.78 is 1.83. The predicted octanol–water partition coefficient (Wildman–Crippen LogP) is 5.33. The van der Waals surface area contributed by atoms with Gasteiger partial charge < -0.3 is 11.1 Å². The quantitative estimate of drug-likeness (QED) is 0.445. The zero-order valence-corrected chi connectivity index (χ0v) is 21.4. The standard InChI is InChI=1S/C27H37ClN4O/c1-18(2)22(15-30-27(5,6)17-26(3,4)29)24-31-23-14-20(28)12-13-21(23)25(33)32(24)16-19-10-8-7-9-11-19/h7-14,18,22,30H,15-17,29H2,1-6H3. The zero-order chi connectivity index (χ0) is 24.4. The van der Waals surface area contributed by atoms with E-state index < -0.39 is 0 Å². The molecule has 0 fully saturated rings. The molecule has 0 aliphatic heterocycles. The van der Waals surface area contributed by atoms with E-state index in [1.54, 1.807) is 18.2 Å². The van der Waals surface area contributed by atoms with Gasteiger partial charge in [0.15, 0.2) is 0 Å². The number of benzene rings is 2. The molecule has 0 radical (unpaired) electrons. The molecule has 3 aromatic rings. The molecule has 0 saturated carbocycles. The van der Waals surface area contributed by atoms with Crippen molar-refractivity contribution in [1.29, 1.82) is 0 Å². The van der Waals surface area contributed by atoms with Crippen LogP contribution >= 0.6 is 11.6 Å². The number of rotatable bonds is 9. The number of nitrogens with one attached hydrogen (secondary N) is 1. The Bertz CT molecular complexity index is 1150. The summed E-state index contributed by atoms with van der Waals surface area (Å²) in [5, 5.41) is 4.86. The van der Waals surface area contributed by atoms with E-state index in [9.17, 15) is 4.79 Å². The highest BCUT2D eigenvalue weighted by molar-refractivity contribution is 6.31. The van der Waals surface area contributed by atoms with Crippen LogP contribution in [0.25, 0.3) is 10.9 Å². The lowest BCUT2D eigenvalue weighted by atomic mass is 9.86. The second-order valence-corrected chi connectivity index (χ2v) is 11.2. The first kappa shape index (κ1) is 25.4. The summed E-state index contributed by atoms with van der Waals surface area (Å²) in [7, 11) is 0. The Hall–Kier alpha value is -2.21. The highest BCUT2D eigenvalue weighted by Crippen LogP contribution is 2.27. The Labute approximate surface area is 202 Å². The van der Waals surface area contributed by atoms with Crippen molar-refractivity contribution in [2.75, 3.05) is 6.54 Å². The van der Waals surface area contributed by atoms with Crippen LogP contribution in [0.5, 0.6) is 0 Å². The maximum absolute atomic E-state index is 13.6. The summed E-state index contributed by atoms with van der Waals surface area (Å²) in [6, 6.07) is 15.3. The van der Waals surface area contributed by atoms with Crippen LogP contribution in [0.3, 0.4) is 0 Å². The third kappa shape index (κ3) is 6.66. The first-order valence-electron chi connectivity index (χ1n) is 11.6. The topological polar surface area (TPSA) is 72.9 Å². The molecule has 6 heteroatoms. The molecular weight excluding hydrogens is 432 g/mol. The molecule has 5 nitrogen and oxygen atoms in total. The number of nitrogens with two attached hydrogens (primary N) is 1. The molecule has 1 atom stereocenters.